The summed E-state index contributed by atoms with van der Waals surface area (Å²) in [4.78, 5) is 26.3. The van der Waals surface area contributed by atoms with Crippen LogP contribution in [0.25, 0.3) is 0 Å². The Kier molecular flexibility index (Phi) is 8.33. The highest BCUT2D eigenvalue weighted by Gasteiger charge is 2.40. The van der Waals surface area contributed by atoms with Crippen molar-refractivity contribution in [1.82, 2.24) is 15.7 Å². The molecule has 0 saturated heterocycles. The van der Waals surface area contributed by atoms with Crippen molar-refractivity contribution < 1.29 is 35.6 Å². The molecule has 3 aromatic carbocycles. The van der Waals surface area contributed by atoms with Crippen LogP contribution in [0.5, 0.6) is 0 Å². The van der Waals surface area contributed by atoms with Gasteiger partial charge in [0, 0.05) is 5.69 Å². The lowest BCUT2D eigenvalue weighted by atomic mass is 10.1. The van der Waals surface area contributed by atoms with Crippen molar-refractivity contribution in [2.75, 3.05) is 5.32 Å². The van der Waals surface area contributed by atoms with Gasteiger partial charge in [0.1, 0.15) is 28.8 Å². The quantitative estimate of drug-likeness (QED) is 0.196. The molecule has 10 nitrogen and oxygen atoms in total. The highest BCUT2D eigenvalue weighted by atomic mass is 35.5. The number of hydrazine groups is 3. The van der Waals surface area contributed by atoms with Crippen LogP contribution in [0, 0.1) is 30.2 Å². The van der Waals surface area contributed by atoms with Crippen LogP contribution in [0.15, 0.2) is 71.0 Å². The minimum absolute atomic E-state index is 0. The molecule has 16 heteroatoms. The molecule has 39 heavy (non-hydrogen) atoms. The molecule has 0 atom stereocenters. The maximum Gasteiger partial charge on any atom is 0.281 e. The van der Waals surface area contributed by atoms with Crippen molar-refractivity contribution in [3.05, 3.63) is 106 Å². The molecule has 206 valence electrons. The van der Waals surface area contributed by atoms with E-state index >= 15 is 0 Å². The van der Waals surface area contributed by atoms with Crippen molar-refractivity contribution in [1.29, 1.82) is 0 Å². The average Bonchev–Trinajstić information content (AvgIpc) is 3.16. The van der Waals surface area contributed by atoms with Gasteiger partial charge in [0.2, 0.25) is 15.8 Å². The van der Waals surface area contributed by atoms with E-state index in [0.29, 0.717) is 10.1 Å². The molecule has 0 radical (unpaired) electrons. The van der Waals surface area contributed by atoms with Crippen molar-refractivity contribution in [3.63, 3.8) is 0 Å². The summed E-state index contributed by atoms with van der Waals surface area (Å²) in [5.41, 5.74) is -0.572. The standard InChI is InChI=1S/C23H18F4N6O4S.ClH/c1-11-5-10-16(26)18(19(11)27)23(35)32-22(30-12-6-8-13(9-7-12)38(29,36)37)20(33(28)31-32)21(34)17-14(24)3-2-4-15(17)25;/h2-10,30-31H,28H2,1H3,(H2,29,36,37);1H. The Labute approximate surface area is 225 Å². The molecule has 0 aliphatic carbocycles. The van der Waals surface area contributed by atoms with Gasteiger partial charge < -0.3 is 5.32 Å². The smallest absolute Gasteiger partial charge is 0.281 e. The zero-order valence-electron chi connectivity index (χ0n) is 19.7. The van der Waals surface area contributed by atoms with Crippen molar-refractivity contribution in [2.45, 2.75) is 11.8 Å². The van der Waals surface area contributed by atoms with Gasteiger partial charge in [-0.2, -0.15) is 0 Å². The number of hydrogen-bond donors (Lipinski definition) is 4. The number of Topliss-reactive ketones (excluding diaryl/α,β-unsaturated/α-hetero) is 1. The van der Waals surface area contributed by atoms with Gasteiger partial charge in [-0.25, -0.2) is 47.1 Å². The summed E-state index contributed by atoms with van der Waals surface area (Å²) in [6.07, 6.45) is 0. The lowest BCUT2D eigenvalue weighted by Gasteiger charge is -2.22. The molecule has 0 saturated carbocycles. The number of hydrogen-bond acceptors (Lipinski definition) is 8. The van der Waals surface area contributed by atoms with Crippen molar-refractivity contribution in [2.24, 2.45) is 11.0 Å². The topological polar surface area (TPSA) is 151 Å². The lowest BCUT2D eigenvalue weighted by molar-refractivity contribution is 0.0580. The summed E-state index contributed by atoms with van der Waals surface area (Å²) in [6, 6.07) is 9.17. The number of ketones is 1. The summed E-state index contributed by atoms with van der Waals surface area (Å²) < 4.78 is 81.3. The monoisotopic (exact) mass is 586 g/mol. The molecule has 1 aliphatic rings. The minimum atomic E-state index is -4.06. The Morgan fingerprint density at radius 1 is 0.897 bits per heavy atom. The predicted octanol–water partition coefficient (Wildman–Crippen LogP) is 2.84. The van der Waals surface area contributed by atoms with Gasteiger partial charge in [-0.1, -0.05) is 12.1 Å². The summed E-state index contributed by atoms with van der Waals surface area (Å²) in [5, 5.41) is 8.57. The van der Waals surface area contributed by atoms with Crippen LogP contribution in [-0.2, 0) is 10.0 Å². The SMILES string of the molecule is Cc1ccc(F)c(C(=O)N2NN(N)C(C(=O)c3c(F)cccc3F)=C2Nc2ccc(S(N)(=O)=O)cc2)c1F.Cl. The second-order valence-corrected chi connectivity index (χ2v) is 9.54. The Morgan fingerprint density at radius 3 is 2.03 bits per heavy atom. The number of carbonyl (C=O) groups excluding carboxylic acids is 2. The minimum Gasteiger partial charge on any atom is -0.338 e. The number of nitrogens with zero attached hydrogens (tertiary/aromatic N) is 2. The number of nitrogens with two attached hydrogens (primary N) is 2. The lowest BCUT2D eigenvalue weighted by Crippen LogP contribution is -2.49. The maximum absolute atomic E-state index is 14.8. The van der Waals surface area contributed by atoms with Crippen molar-refractivity contribution in [3.8, 4) is 0 Å². The summed E-state index contributed by atoms with van der Waals surface area (Å²) >= 11 is 0. The number of allylic oxidation sites excluding steroid dienone is 1. The second kappa shape index (κ2) is 11.0. The molecule has 1 heterocycles. The Morgan fingerprint density at radius 2 is 1.46 bits per heavy atom. The zero-order chi connectivity index (χ0) is 27.9. The van der Waals surface area contributed by atoms with E-state index in [1.807, 2.05) is 0 Å². The first-order valence-corrected chi connectivity index (χ1v) is 12.1. The van der Waals surface area contributed by atoms with Crippen molar-refractivity contribution >= 4 is 39.8 Å². The maximum atomic E-state index is 14.8. The molecule has 4 rings (SSSR count). The molecule has 0 spiro atoms. The van der Waals surface area contributed by atoms with Gasteiger partial charge in [0.15, 0.2) is 11.5 Å². The number of primary sulfonamides is 1. The predicted molar refractivity (Wildman–Crippen MR) is 133 cm³/mol. The van der Waals surface area contributed by atoms with Crippen LogP contribution >= 0.6 is 12.4 Å². The first-order chi connectivity index (χ1) is 17.8. The van der Waals surface area contributed by atoms with E-state index in [-0.39, 0.29) is 28.6 Å². The second-order valence-electron chi connectivity index (χ2n) is 7.98. The Balaban J connectivity index is 0.00000420. The normalized spacial score (nSPS) is 13.4. The van der Waals surface area contributed by atoms with Gasteiger partial charge in [-0.05, 0) is 55.0 Å². The van der Waals surface area contributed by atoms with Gasteiger partial charge in [-0.15, -0.1) is 17.9 Å². The summed E-state index contributed by atoms with van der Waals surface area (Å²) in [6.45, 7) is 1.29. The Bertz CT molecular complexity index is 1600. The van der Waals surface area contributed by atoms with E-state index in [9.17, 15) is 35.6 Å². The molecule has 0 aromatic heterocycles. The number of carbonyl (C=O) groups is 2. The van der Waals surface area contributed by atoms with Crippen LogP contribution in [0.2, 0.25) is 0 Å². The first-order valence-electron chi connectivity index (χ1n) is 10.5. The molecule has 1 amide bonds. The van der Waals surface area contributed by atoms with E-state index in [4.69, 9.17) is 11.0 Å². The molecule has 0 unspecified atom stereocenters. The highest BCUT2D eigenvalue weighted by molar-refractivity contribution is 7.89. The first kappa shape index (κ1) is 29.5. The molecule has 6 N–H and O–H groups in total. The van der Waals surface area contributed by atoms with Crippen LogP contribution < -0.4 is 21.8 Å². The zero-order valence-corrected chi connectivity index (χ0v) is 21.3. The number of aryl methyl sites for hydroxylation is 1. The molecule has 3 aromatic rings. The summed E-state index contributed by atoms with van der Waals surface area (Å²) in [5.74, 6) is -2.35. The fourth-order valence-electron chi connectivity index (χ4n) is 3.57. The molecule has 1 aliphatic heterocycles. The van der Waals surface area contributed by atoms with Gasteiger partial charge in [0.25, 0.3) is 5.91 Å². The van der Waals surface area contributed by atoms with Gasteiger partial charge >= 0.3 is 0 Å². The van der Waals surface area contributed by atoms with Crippen LogP contribution in [0.1, 0.15) is 26.3 Å². The Hall–Kier alpha value is -4.02. The molecular weight excluding hydrogens is 568 g/mol. The highest BCUT2D eigenvalue weighted by Crippen LogP contribution is 2.29. The van der Waals surface area contributed by atoms with Gasteiger partial charge in [0.05, 0.1) is 10.5 Å². The molecule has 0 bridgehead atoms. The number of benzene rings is 3. The van der Waals surface area contributed by atoms with Crippen LogP contribution in [0.4, 0.5) is 23.2 Å². The van der Waals surface area contributed by atoms with Crippen LogP contribution in [0.3, 0.4) is 0 Å². The number of rotatable bonds is 6. The van der Waals surface area contributed by atoms with Crippen LogP contribution in [-0.4, -0.2) is 30.2 Å². The third-order valence-electron chi connectivity index (χ3n) is 5.45. The fraction of sp³-hybridized carbons (Fsp3) is 0.0435. The van der Waals surface area contributed by atoms with E-state index in [0.717, 1.165) is 42.5 Å². The number of anilines is 1. The number of nitrogens with one attached hydrogen (secondary N) is 2. The molecule has 0 fully saturated rings. The van der Waals surface area contributed by atoms with E-state index in [1.165, 1.54) is 19.1 Å². The third kappa shape index (κ3) is 5.57. The number of sulfonamides is 1. The van der Waals surface area contributed by atoms with E-state index in [1.54, 1.807) is 0 Å². The fourth-order valence-corrected chi connectivity index (χ4v) is 4.08. The van der Waals surface area contributed by atoms with Gasteiger partial charge in [-0.3, -0.25) is 9.59 Å². The average molecular weight is 587 g/mol. The summed E-state index contributed by atoms with van der Waals surface area (Å²) in [7, 11) is -4.06. The van der Waals surface area contributed by atoms with E-state index in [2.05, 4.69) is 10.9 Å². The third-order valence-corrected chi connectivity index (χ3v) is 6.38. The van der Waals surface area contributed by atoms with E-state index < -0.39 is 67.6 Å². The largest absolute Gasteiger partial charge is 0.338 e. The number of amides is 1. The number of halogens is 5. The molecular formula is C23H19ClF4N6O4S.